The van der Waals surface area contributed by atoms with E-state index < -0.39 is 0 Å². The zero-order valence-electron chi connectivity index (χ0n) is 20.9. The predicted octanol–water partition coefficient (Wildman–Crippen LogP) is 9.06. The maximum Gasteiger partial charge on any atom is 0.0704 e. The van der Waals surface area contributed by atoms with Crippen molar-refractivity contribution in [3.8, 4) is 22.4 Å². The molecule has 1 radical (unpaired) electrons. The molecule has 38 heavy (non-hydrogen) atoms. The van der Waals surface area contributed by atoms with Gasteiger partial charge >= 0.3 is 0 Å². The fraction of sp³-hybridized carbons (Fsp3) is 0.0286. The van der Waals surface area contributed by atoms with Crippen LogP contribution in [0.4, 0.5) is 0 Å². The van der Waals surface area contributed by atoms with Crippen LogP contribution in [0, 0.1) is 13.0 Å². The van der Waals surface area contributed by atoms with Gasteiger partial charge in [-0.1, -0.05) is 108 Å². The van der Waals surface area contributed by atoms with Gasteiger partial charge in [-0.15, -0.1) is 23.6 Å². The Hall–Kier alpha value is -4.17. The Bertz CT molecular complexity index is 1830. The van der Waals surface area contributed by atoms with E-state index in [9.17, 15) is 0 Å². The van der Waals surface area contributed by atoms with E-state index in [-0.39, 0.29) is 20.1 Å². The average Bonchev–Trinajstić information content (AvgIpc) is 2.98. The predicted molar refractivity (Wildman–Crippen MR) is 155 cm³/mol. The number of rotatable bonds is 2. The van der Waals surface area contributed by atoms with Crippen molar-refractivity contribution in [3.05, 3.63) is 145 Å². The summed E-state index contributed by atoms with van der Waals surface area (Å²) in [7, 11) is 0. The first-order valence-corrected chi connectivity index (χ1v) is 12.4. The molecule has 5 aromatic carbocycles. The first kappa shape index (κ1) is 25.5. The molecule has 0 spiro atoms. The molecule has 0 bridgehead atoms. The Morgan fingerprint density at radius 1 is 0.579 bits per heavy atom. The monoisotopic (exact) mass is 666 g/mol. The summed E-state index contributed by atoms with van der Waals surface area (Å²) in [5, 5.41) is 5.87. The smallest absolute Gasteiger partial charge is 0.0704 e. The summed E-state index contributed by atoms with van der Waals surface area (Å²) in [6.45, 7) is 2.10. The third-order valence-electron chi connectivity index (χ3n) is 6.70. The fourth-order valence-electron chi connectivity index (χ4n) is 4.85. The van der Waals surface area contributed by atoms with Crippen molar-refractivity contribution in [1.82, 2.24) is 9.97 Å². The minimum Gasteiger partial charge on any atom is -0.303 e. The summed E-state index contributed by atoms with van der Waals surface area (Å²) in [5.41, 5.74) is 6.98. The van der Waals surface area contributed by atoms with Gasteiger partial charge in [0.25, 0.3) is 0 Å². The number of aryl methyl sites for hydroxylation is 1. The van der Waals surface area contributed by atoms with Crippen LogP contribution in [-0.2, 0) is 20.1 Å². The van der Waals surface area contributed by atoms with Crippen molar-refractivity contribution in [1.29, 1.82) is 0 Å². The van der Waals surface area contributed by atoms with Crippen molar-refractivity contribution in [2.24, 2.45) is 0 Å². The van der Waals surface area contributed by atoms with E-state index in [0.29, 0.717) is 0 Å². The van der Waals surface area contributed by atoms with Gasteiger partial charge in [-0.25, -0.2) is 0 Å². The normalized spacial score (nSPS) is 10.6. The van der Waals surface area contributed by atoms with Crippen LogP contribution in [0.2, 0.25) is 0 Å². The van der Waals surface area contributed by atoms with E-state index in [1.165, 1.54) is 43.8 Å². The average molecular weight is 666 g/mol. The number of hydrogen-bond donors (Lipinski definition) is 0. The summed E-state index contributed by atoms with van der Waals surface area (Å²) >= 11 is 0. The zero-order valence-corrected chi connectivity index (χ0v) is 23.3. The Labute approximate surface area is 236 Å². The molecule has 2 aromatic heterocycles. The van der Waals surface area contributed by atoms with Crippen molar-refractivity contribution < 1.29 is 20.1 Å². The first-order valence-electron chi connectivity index (χ1n) is 12.4. The molecular formula is C35H25IrN2-. The number of benzene rings is 5. The van der Waals surface area contributed by atoms with Gasteiger partial charge < -0.3 is 4.98 Å². The molecule has 2 nitrogen and oxygen atoms in total. The quantitative estimate of drug-likeness (QED) is 0.136. The summed E-state index contributed by atoms with van der Waals surface area (Å²) in [4.78, 5) is 9.05. The van der Waals surface area contributed by atoms with Crippen LogP contribution in [0.3, 0.4) is 0 Å². The largest absolute Gasteiger partial charge is 0.303 e. The fourth-order valence-corrected chi connectivity index (χ4v) is 4.85. The molecule has 3 heteroatoms. The minimum absolute atomic E-state index is 0. The molecule has 0 aliphatic rings. The maximum atomic E-state index is 4.74. The number of aromatic nitrogens is 2. The van der Waals surface area contributed by atoms with Gasteiger partial charge in [0, 0.05) is 38.1 Å². The summed E-state index contributed by atoms with van der Waals surface area (Å²) < 4.78 is 0. The zero-order chi connectivity index (χ0) is 25.0. The molecule has 0 saturated heterocycles. The summed E-state index contributed by atoms with van der Waals surface area (Å²) in [6.07, 6.45) is 3.78. The van der Waals surface area contributed by atoms with Crippen molar-refractivity contribution in [2.75, 3.05) is 0 Å². The Balaban J connectivity index is 0.000000179. The minimum atomic E-state index is 0. The molecule has 0 aliphatic heterocycles. The summed E-state index contributed by atoms with van der Waals surface area (Å²) in [5.74, 6) is 0. The molecule has 0 aliphatic carbocycles. The van der Waals surface area contributed by atoms with Crippen LogP contribution < -0.4 is 0 Å². The SMILES string of the molecule is Cc1ccccc1-c1ccccn1.[Ir].[c-]1ccc(-c2ccccc2)c2ccc3c4ccccc4cnc3c12. The van der Waals surface area contributed by atoms with Crippen LogP contribution in [0.25, 0.3) is 54.8 Å². The first-order chi connectivity index (χ1) is 18.3. The van der Waals surface area contributed by atoms with Gasteiger partial charge in [-0.3, -0.25) is 4.98 Å². The van der Waals surface area contributed by atoms with Crippen molar-refractivity contribution >= 4 is 32.4 Å². The third-order valence-corrected chi connectivity index (χ3v) is 6.70. The number of pyridine rings is 2. The van der Waals surface area contributed by atoms with E-state index in [1.54, 1.807) is 0 Å². The maximum absolute atomic E-state index is 4.74. The van der Waals surface area contributed by atoms with Crippen molar-refractivity contribution in [3.63, 3.8) is 0 Å². The van der Waals surface area contributed by atoms with Crippen LogP contribution in [0.5, 0.6) is 0 Å². The molecule has 0 amide bonds. The Morgan fingerprint density at radius 3 is 2.13 bits per heavy atom. The molecule has 0 unspecified atom stereocenters. The van der Waals surface area contributed by atoms with Crippen LogP contribution in [-0.4, -0.2) is 9.97 Å². The van der Waals surface area contributed by atoms with Gasteiger partial charge in [0.15, 0.2) is 0 Å². The van der Waals surface area contributed by atoms with Gasteiger partial charge in [0.1, 0.15) is 0 Å². The molecule has 7 aromatic rings. The Kier molecular flexibility index (Phi) is 7.70. The molecule has 7 rings (SSSR count). The van der Waals surface area contributed by atoms with Gasteiger partial charge in [0.2, 0.25) is 0 Å². The molecule has 0 fully saturated rings. The second-order valence-corrected chi connectivity index (χ2v) is 9.02. The van der Waals surface area contributed by atoms with Crippen molar-refractivity contribution in [2.45, 2.75) is 6.92 Å². The molecule has 0 saturated carbocycles. The van der Waals surface area contributed by atoms with Gasteiger partial charge in [-0.2, -0.15) is 0 Å². The summed E-state index contributed by atoms with van der Waals surface area (Å²) in [6, 6.07) is 45.1. The van der Waals surface area contributed by atoms with E-state index in [1.807, 2.05) is 54.9 Å². The van der Waals surface area contributed by atoms with Crippen LogP contribution >= 0.6 is 0 Å². The van der Waals surface area contributed by atoms with Gasteiger partial charge in [0.05, 0.1) is 5.69 Å². The molecular weight excluding hydrogens is 641 g/mol. The molecule has 0 N–H and O–H groups in total. The van der Waals surface area contributed by atoms with E-state index in [2.05, 4.69) is 96.8 Å². The van der Waals surface area contributed by atoms with Crippen LogP contribution in [0.15, 0.2) is 134 Å². The third kappa shape index (κ3) is 4.99. The molecule has 2 heterocycles. The van der Waals surface area contributed by atoms with E-state index >= 15 is 0 Å². The number of hydrogen-bond acceptors (Lipinski definition) is 2. The number of fused-ring (bicyclic) bond motifs is 5. The topological polar surface area (TPSA) is 25.8 Å². The van der Waals surface area contributed by atoms with E-state index in [0.717, 1.165) is 16.6 Å². The van der Waals surface area contributed by atoms with Gasteiger partial charge in [-0.05, 0) is 51.9 Å². The second kappa shape index (κ2) is 11.5. The number of nitrogens with zero attached hydrogens (tertiary/aromatic N) is 2. The standard InChI is InChI=1S/C23H14N.C12H11N.Ir/c1-2-7-16(8-3-1)18-11-6-12-21-20(18)13-14-22-19-10-5-4-9-17(19)15-24-23(21)22;1-10-6-2-3-7-11(10)12-8-4-5-9-13-12;/h1-11,13-15H;2-9H,1H3;/q-1;;. The second-order valence-electron chi connectivity index (χ2n) is 9.02. The Morgan fingerprint density at radius 2 is 1.32 bits per heavy atom. The van der Waals surface area contributed by atoms with E-state index in [4.69, 9.17) is 4.98 Å². The molecule has 0 atom stereocenters. The molecule has 185 valence electrons. The van der Waals surface area contributed by atoms with Crippen LogP contribution in [0.1, 0.15) is 5.56 Å².